The van der Waals surface area contributed by atoms with Crippen LogP contribution in [-0.4, -0.2) is 11.0 Å². The van der Waals surface area contributed by atoms with Crippen LogP contribution in [0.2, 0.25) is 0 Å². The predicted molar refractivity (Wildman–Crippen MR) is 85.6 cm³/mol. The molecule has 1 aromatic heterocycles. The smallest absolute Gasteiger partial charge is 0.184 e. The molecule has 2 aromatic carbocycles. The van der Waals surface area contributed by atoms with Crippen molar-refractivity contribution in [3.63, 3.8) is 0 Å². The van der Waals surface area contributed by atoms with Gasteiger partial charge in [-0.15, -0.1) is 0 Å². The first kappa shape index (κ1) is 11.9. The monoisotopic (exact) mass is 280 g/mol. The van der Waals surface area contributed by atoms with Crippen LogP contribution < -0.4 is 5.32 Å². The fraction of sp³-hybridized carbons (Fsp3) is 0.235. The molecule has 0 unspecified atom stereocenters. The van der Waals surface area contributed by atoms with Gasteiger partial charge in [0.25, 0.3) is 0 Å². The van der Waals surface area contributed by atoms with Crippen molar-refractivity contribution in [1.82, 2.24) is 4.98 Å². The molecule has 3 heteroatoms. The van der Waals surface area contributed by atoms with Gasteiger partial charge in [-0.2, -0.15) is 0 Å². The Bertz CT molecular complexity index is 751. The number of hydrogen-bond acceptors (Lipinski definition) is 3. The molecule has 1 aliphatic rings. The van der Waals surface area contributed by atoms with Gasteiger partial charge in [-0.25, -0.2) is 4.98 Å². The van der Waals surface area contributed by atoms with E-state index < -0.39 is 0 Å². The highest BCUT2D eigenvalue weighted by Crippen LogP contribution is 2.30. The number of nitrogens with one attached hydrogen (secondary N) is 1. The van der Waals surface area contributed by atoms with Crippen LogP contribution in [0.1, 0.15) is 16.7 Å². The molecule has 0 saturated carbocycles. The molecular weight excluding hydrogens is 264 g/mol. The zero-order valence-corrected chi connectivity index (χ0v) is 12.2. The Morgan fingerprint density at radius 1 is 1.10 bits per heavy atom. The molecule has 0 saturated heterocycles. The Morgan fingerprint density at radius 3 is 2.60 bits per heavy atom. The van der Waals surface area contributed by atoms with Crippen molar-refractivity contribution >= 4 is 26.7 Å². The Labute approximate surface area is 122 Å². The minimum atomic E-state index is 0.481. The van der Waals surface area contributed by atoms with Gasteiger partial charge in [0.1, 0.15) is 0 Å². The van der Waals surface area contributed by atoms with Crippen LogP contribution in [0.15, 0.2) is 42.5 Å². The second kappa shape index (κ2) is 4.60. The van der Waals surface area contributed by atoms with Crippen LogP contribution in [0.5, 0.6) is 0 Å². The molecule has 1 aliphatic carbocycles. The van der Waals surface area contributed by atoms with Crippen LogP contribution in [-0.2, 0) is 12.8 Å². The van der Waals surface area contributed by atoms with Gasteiger partial charge >= 0.3 is 0 Å². The summed E-state index contributed by atoms with van der Waals surface area (Å²) in [6, 6.07) is 15.7. The fourth-order valence-electron chi connectivity index (χ4n) is 2.93. The first-order valence-electron chi connectivity index (χ1n) is 6.98. The van der Waals surface area contributed by atoms with Gasteiger partial charge in [0.15, 0.2) is 5.13 Å². The normalized spacial score (nSPS) is 14.7. The van der Waals surface area contributed by atoms with E-state index in [1.807, 2.05) is 0 Å². The Balaban J connectivity index is 1.57. The van der Waals surface area contributed by atoms with Crippen LogP contribution in [0.4, 0.5) is 5.13 Å². The summed E-state index contributed by atoms with van der Waals surface area (Å²) in [5.41, 5.74) is 5.32. The molecule has 1 N–H and O–H groups in total. The van der Waals surface area contributed by atoms with E-state index in [9.17, 15) is 0 Å². The van der Waals surface area contributed by atoms with Crippen molar-refractivity contribution in [2.24, 2.45) is 0 Å². The molecule has 0 atom stereocenters. The largest absolute Gasteiger partial charge is 0.358 e. The van der Waals surface area contributed by atoms with Crippen molar-refractivity contribution in [3.05, 3.63) is 59.2 Å². The average molecular weight is 280 g/mol. The highest BCUT2D eigenvalue weighted by Gasteiger charge is 2.21. The summed E-state index contributed by atoms with van der Waals surface area (Å²) < 4.78 is 1.26. The van der Waals surface area contributed by atoms with Gasteiger partial charge in [0.2, 0.25) is 0 Å². The number of aromatic nitrogens is 1. The lowest BCUT2D eigenvalue weighted by Gasteiger charge is -2.09. The molecule has 0 fully saturated rings. The summed E-state index contributed by atoms with van der Waals surface area (Å²) >= 11 is 1.75. The number of rotatable bonds is 2. The van der Waals surface area contributed by atoms with Crippen LogP contribution in [0, 0.1) is 6.92 Å². The molecule has 100 valence electrons. The predicted octanol–water partition coefficient (Wildman–Crippen LogP) is 4.18. The van der Waals surface area contributed by atoms with Gasteiger partial charge in [-0.3, -0.25) is 0 Å². The van der Waals surface area contributed by atoms with E-state index in [1.54, 1.807) is 11.3 Å². The lowest BCUT2D eigenvalue weighted by atomic mass is 10.1. The standard InChI is InChI=1S/C17H16N2S/c1-11-6-7-16-15(8-11)19-17(20-16)18-14-9-12-4-2-3-5-13(12)10-14/h2-8,14H,9-10H2,1H3,(H,18,19). The molecule has 1 heterocycles. The number of nitrogens with zero attached hydrogens (tertiary/aromatic N) is 1. The number of thiazole rings is 1. The van der Waals surface area contributed by atoms with Crippen LogP contribution in [0.3, 0.4) is 0 Å². The summed E-state index contributed by atoms with van der Waals surface area (Å²) in [4.78, 5) is 4.71. The second-order valence-electron chi connectivity index (χ2n) is 5.51. The van der Waals surface area contributed by atoms with Gasteiger partial charge in [0.05, 0.1) is 10.2 Å². The third kappa shape index (κ3) is 2.08. The fourth-order valence-corrected chi connectivity index (χ4v) is 3.86. The molecule has 0 radical (unpaired) electrons. The molecule has 3 aromatic rings. The zero-order chi connectivity index (χ0) is 13.5. The number of hydrogen-bond donors (Lipinski definition) is 1. The van der Waals surface area contributed by atoms with Crippen LogP contribution >= 0.6 is 11.3 Å². The van der Waals surface area contributed by atoms with Gasteiger partial charge in [-0.05, 0) is 48.6 Å². The van der Waals surface area contributed by atoms with Crippen molar-refractivity contribution < 1.29 is 0 Å². The number of anilines is 1. The van der Waals surface area contributed by atoms with E-state index in [-0.39, 0.29) is 0 Å². The molecule has 0 spiro atoms. The van der Waals surface area contributed by atoms with E-state index in [1.165, 1.54) is 21.4 Å². The quantitative estimate of drug-likeness (QED) is 0.761. The van der Waals surface area contributed by atoms with Gasteiger partial charge in [0, 0.05) is 6.04 Å². The van der Waals surface area contributed by atoms with E-state index in [0.717, 1.165) is 23.5 Å². The molecule has 4 rings (SSSR count). The summed E-state index contributed by atoms with van der Waals surface area (Å²) in [6.45, 7) is 2.11. The first-order chi connectivity index (χ1) is 9.78. The molecule has 20 heavy (non-hydrogen) atoms. The molecule has 0 aliphatic heterocycles. The minimum Gasteiger partial charge on any atom is -0.358 e. The average Bonchev–Trinajstić information content (AvgIpc) is 3.00. The zero-order valence-electron chi connectivity index (χ0n) is 11.4. The summed E-state index contributed by atoms with van der Waals surface area (Å²) in [7, 11) is 0. The first-order valence-corrected chi connectivity index (χ1v) is 7.80. The van der Waals surface area contributed by atoms with E-state index in [2.05, 4.69) is 54.7 Å². The van der Waals surface area contributed by atoms with E-state index >= 15 is 0 Å². The lowest BCUT2D eigenvalue weighted by molar-refractivity contribution is 0.773. The van der Waals surface area contributed by atoms with E-state index in [4.69, 9.17) is 4.98 Å². The van der Waals surface area contributed by atoms with Crippen molar-refractivity contribution in [3.8, 4) is 0 Å². The maximum atomic E-state index is 4.71. The summed E-state index contributed by atoms with van der Waals surface area (Å²) in [6.07, 6.45) is 2.20. The Kier molecular flexibility index (Phi) is 2.74. The maximum absolute atomic E-state index is 4.71. The summed E-state index contributed by atoms with van der Waals surface area (Å²) in [5.74, 6) is 0. The summed E-state index contributed by atoms with van der Waals surface area (Å²) in [5, 5.41) is 4.65. The third-order valence-corrected chi connectivity index (χ3v) is 4.89. The van der Waals surface area contributed by atoms with Crippen LogP contribution in [0.25, 0.3) is 10.2 Å². The SMILES string of the molecule is Cc1ccc2sc(NC3Cc4ccccc4C3)nc2c1. The number of fused-ring (bicyclic) bond motifs is 2. The van der Waals surface area contributed by atoms with Gasteiger partial charge < -0.3 is 5.32 Å². The van der Waals surface area contributed by atoms with Crippen molar-refractivity contribution in [1.29, 1.82) is 0 Å². The maximum Gasteiger partial charge on any atom is 0.184 e. The Hall–Kier alpha value is -1.87. The second-order valence-corrected chi connectivity index (χ2v) is 6.54. The lowest BCUT2D eigenvalue weighted by Crippen LogP contribution is -2.19. The third-order valence-electron chi connectivity index (χ3n) is 3.92. The van der Waals surface area contributed by atoms with E-state index in [0.29, 0.717) is 6.04 Å². The Morgan fingerprint density at radius 2 is 1.85 bits per heavy atom. The highest BCUT2D eigenvalue weighted by molar-refractivity contribution is 7.22. The number of benzene rings is 2. The molecule has 0 bridgehead atoms. The number of aryl methyl sites for hydroxylation is 1. The van der Waals surface area contributed by atoms with Crippen molar-refractivity contribution in [2.75, 3.05) is 5.32 Å². The molecular formula is C17H16N2S. The minimum absolute atomic E-state index is 0.481. The van der Waals surface area contributed by atoms with Crippen molar-refractivity contribution in [2.45, 2.75) is 25.8 Å². The topological polar surface area (TPSA) is 24.9 Å². The molecule has 0 amide bonds. The van der Waals surface area contributed by atoms with Gasteiger partial charge in [-0.1, -0.05) is 41.7 Å². The molecule has 2 nitrogen and oxygen atoms in total. The highest BCUT2D eigenvalue weighted by atomic mass is 32.1.